The van der Waals surface area contributed by atoms with Crippen molar-refractivity contribution in [2.75, 3.05) is 6.61 Å². The van der Waals surface area contributed by atoms with Gasteiger partial charge in [-0.25, -0.2) is 0 Å². The Bertz CT molecular complexity index is 94.7. The van der Waals surface area contributed by atoms with Crippen molar-refractivity contribution in [2.45, 2.75) is 19.8 Å². The molecule has 0 spiro atoms. The molecule has 1 rings (SSSR count). The summed E-state index contributed by atoms with van der Waals surface area (Å²) in [4.78, 5) is 0. The van der Waals surface area contributed by atoms with Crippen LogP contribution in [-0.2, 0) is 4.74 Å². The van der Waals surface area contributed by atoms with Crippen molar-refractivity contribution in [3.63, 3.8) is 0 Å². The third-order valence-corrected chi connectivity index (χ3v) is 1.58. The molecule has 0 aromatic heterocycles. The Labute approximate surface area is 56.7 Å². The molecule has 0 heterocycles. The summed E-state index contributed by atoms with van der Waals surface area (Å²) in [5, 5.41) is 0. The van der Waals surface area contributed by atoms with E-state index < -0.39 is 0 Å². The minimum Gasteiger partial charge on any atom is -0.368 e. The molecule has 1 heteroatoms. The van der Waals surface area contributed by atoms with Crippen LogP contribution < -0.4 is 0 Å². The van der Waals surface area contributed by atoms with Gasteiger partial charge in [0.2, 0.25) is 0 Å². The monoisotopic (exact) mass is 125 g/mol. The molecule has 0 bridgehead atoms. The first-order valence-corrected chi connectivity index (χ1v) is 3.41. The van der Waals surface area contributed by atoms with Crippen LogP contribution in [0.4, 0.5) is 0 Å². The Morgan fingerprint density at radius 1 is 1.78 bits per heavy atom. The van der Waals surface area contributed by atoms with Crippen LogP contribution in [0.3, 0.4) is 0 Å². The van der Waals surface area contributed by atoms with Gasteiger partial charge < -0.3 is 4.74 Å². The van der Waals surface area contributed by atoms with E-state index in [2.05, 4.69) is 13.5 Å². The summed E-state index contributed by atoms with van der Waals surface area (Å²) in [7, 11) is 0. The van der Waals surface area contributed by atoms with E-state index in [-0.39, 0.29) is 0 Å². The highest BCUT2D eigenvalue weighted by atomic mass is 16.5. The topological polar surface area (TPSA) is 9.23 Å². The fourth-order valence-electron chi connectivity index (χ4n) is 0.798. The van der Waals surface area contributed by atoms with Gasteiger partial charge in [0.1, 0.15) is 0 Å². The highest BCUT2D eigenvalue weighted by Gasteiger charge is 2.28. The summed E-state index contributed by atoms with van der Waals surface area (Å²) < 4.78 is 5.31. The lowest BCUT2D eigenvalue weighted by molar-refractivity contribution is 0.161. The fraction of sp³-hybridized carbons (Fsp3) is 0.625. The third-order valence-electron chi connectivity index (χ3n) is 1.58. The highest BCUT2D eigenvalue weighted by Crippen LogP contribution is 2.38. The van der Waals surface area contributed by atoms with E-state index in [0.29, 0.717) is 6.61 Å². The Kier molecular flexibility index (Phi) is 2.29. The summed E-state index contributed by atoms with van der Waals surface area (Å²) in [6.45, 7) is 6.30. The molecule has 1 radical (unpaired) electrons. The highest BCUT2D eigenvalue weighted by molar-refractivity contribution is 4.92. The van der Waals surface area contributed by atoms with Crippen LogP contribution in [0.15, 0.2) is 12.7 Å². The number of hydrogen-bond acceptors (Lipinski definition) is 1. The van der Waals surface area contributed by atoms with Crippen molar-refractivity contribution in [3.8, 4) is 0 Å². The van der Waals surface area contributed by atoms with Gasteiger partial charge in [-0.3, -0.25) is 0 Å². The minimum atomic E-state index is 0.669. The standard InChI is InChI=1S/C8H13O/c1-3-6-9-7(2)8-4-5-8/h3,8H,1,4-6H2,2H3. The summed E-state index contributed by atoms with van der Waals surface area (Å²) in [5.74, 6) is 0.768. The maximum atomic E-state index is 5.31. The van der Waals surface area contributed by atoms with Crippen molar-refractivity contribution >= 4 is 0 Å². The van der Waals surface area contributed by atoms with Gasteiger partial charge in [0.05, 0.1) is 12.7 Å². The van der Waals surface area contributed by atoms with Crippen LogP contribution in [0.2, 0.25) is 0 Å². The molecule has 0 aliphatic heterocycles. The summed E-state index contributed by atoms with van der Waals surface area (Å²) in [6, 6.07) is 0. The van der Waals surface area contributed by atoms with Crippen LogP contribution in [0.25, 0.3) is 0 Å². The van der Waals surface area contributed by atoms with E-state index in [1.165, 1.54) is 18.9 Å². The molecule has 51 valence electrons. The summed E-state index contributed by atoms with van der Waals surface area (Å²) in [5.41, 5.74) is 0. The van der Waals surface area contributed by atoms with Gasteiger partial charge in [0.15, 0.2) is 0 Å². The molecule has 0 atom stereocenters. The SMILES string of the molecule is C=CCO[C](C)C1CC1. The Morgan fingerprint density at radius 2 is 2.44 bits per heavy atom. The Hall–Kier alpha value is -0.300. The zero-order valence-electron chi connectivity index (χ0n) is 5.89. The van der Waals surface area contributed by atoms with Gasteiger partial charge in [-0.15, -0.1) is 6.58 Å². The zero-order chi connectivity index (χ0) is 6.69. The molecule has 1 aliphatic carbocycles. The second-order valence-corrected chi connectivity index (χ2v) is 2.48. The average Bonchev–Trinajstić information content (AvgIpc) is 2.63. The molecule has 0 unspecified atom stereocenters. The lowest BCUT2D eigenvalue weighted by Crippen LogP contribution is -2.00. The van der Waals surface area contributed by atoms with Crippen LogP contribution in [0.5, 0.6) is 0 Å². The van der Waals surface area contributed by atoms with Gasteiger partial charge in [0, 0.05) is 0 Å². The molecule has 1 fully saturated rings. The van der Waals surface area contributed by atoms with E-state index in [0.717, 1.165) is 5.92 Å². The van der Waals surface area contributed by atoms with E-state index in [9.17, 15) is 0 Å². The Morgan fingerprint density at radius 3 is 2.89 bits per heavy atom. The maximum Gasteiger partial charge on any atom is 0.0975 e. The number of ether oxygens (including phenoxy) is 1. The maximum absolute atomic E-state index is 5.31. The van der Waals surface area contributed by atoms with Gasteiger partial charge in [-0.1, -0.05) is 6.08 Å². The van der Waals surface area contributed by atoms with Crippen molar-refractivity contribution in [1.82, 2.24) is 0 Å². The second-order valence-electron chi connectivity index (χ2n) is 2.48. The predicted molar refractivity (Wildman–Crippen MR) is 37.8 cm³/mol. The van der Waals surface area contributed by atoms with Crippen LogP contribution in [0, 0.1) is 12.0 Å². The van der Waals surface area contributed by atoms with E-state index in [1.54, 1.807) is 6.08 Å². The van der Waals surface area contributed by atoms with Crippen molar-refractivity contribution in [2.24, 2.45) is 5.92 Å². The average molecular weight is 125 g/mol. The first kappa shape index (κ1) is 6.81. The van der Waals surface area contributed by atoms with Crippen molar-refractivity contribution < 1.29 is 4.74 Å². The fourth-order valence-corrected chi connectivity index (χ4v) is 0.798. The van der Waals surface area contributed by atoms with Crippen molar-refractivity contribution in [1.29, 1.82) is 0 Å². The van der Waals surface area contributed by atoms with Crippen LogP contribution in [0.1, 0.15) is 19.8 Å². The third kappa shape index (κ3) is 2.19. The van der Waals surface area contributed by atoms with Gasteiger partial charge >= 0.3 is 0 Å². The number of rotatable bonds is 4. The molecule has 9 heavy (non-hydrogen) atoms. The van der Waals surface area contributed by atoms with Crippen LogP contribution >= 0.6 is 0 Å². The molecule has 0 amide bonds. The van der Waals surface area contributed by atoms with E-state index in [1.807, 2.05) is 0 Å². The van der Waals surface area contributed by atoms with Crippen LogP contribution in [-0.4, -0.2) is 6.61 Å². The lowest BCUT2D eigenvalue weighted by atomic mass is 10.3. The van der Waals surface area contributed by atoms with E-state index >= 15 is 0 Å². The summed E-state index contributed by atoms with van der Waals surface area (Å²) >= 11 is 0. The Balaban J connectivity index is 2.02. The molecule has 0 aromatic carbocycles. The lowest BCUT2D eigenvalue weighted by Gasteiger charge is -2.06. The second kappa shape index (κ2) is 3.02. The molecule has 1 aliphatic rings. The quantitative estimate of drug-likeness (QED) is 0.523. The minimum absolute atomic E-state index is 0.669. The van der Waals surface area contributed by atoms with E-state index in [4.69, 9.17) is 4.74 Å². The zero-order valence-corrected chi connectivity index (χ0v) is 5.89. The van der Waals surface area contributed by atoms with Gasteiger partial charge in [-0.05, 0) is 25.7 Å². The molecule has 0 N–H and O–H groups in total. The molecule has 0 aromatic rings. The smallest absolute Gasteiger partial charge is 0.0975 e. The predicted octanol–water partition coefficient (Wildman–Crippen LogP) is 2.15. The summed E-state index contributed by atoms with van der Waals surface area (Å²) in [6.07, 6.45) is 5.62. The molecular weight excluding hydrogens is 112 g/mol. The molecule has 1 saturated carbocycles. The molecular formula is C8H13O. The molecule has 1 nitrogen and oxygen atoms in total. The van der Waals surface area contributed by atoms with Gasteiger partial charge in [0.25, 0.3) is 0 Å². The first-order chi connectivity index (χ1) is 4.34. The number of hydrogen-bond donors (Lipinski definition) is 0. The largest absolute Gasteiger partial charge is 0.368 e. The van der Waals surface area contributed by atoms with Crippen molar-refractivity contribution in [3.05, 3.63) is 18.8 Å². The normalized spacial score (nSPS) is 18.4. The first-order valence-electron chi connectivity index (χ1n) is 3.41. The molecule has 0 saturated heterocycles. The van der Waals surface area contributed by atoms with Gasteiger partial charge in [-0.2, -0.15) is 0 Å².